The summed E-state index contributed by atoms with van der Waals surface area (Å²) in [5.41, 5.74) is 1.44. The van der Waals surface area contributed by atoms with Gasteiger partial charge in [-0.05, 0) is 49.9 Å². The van der Waals surface area contributed by atoms with E-state index in [1.54, 1.807) is 35.1 Å². The Hall–Kier alpha value is -2.45. The minimum atomic E-state index is -0.356. The summed E-state index contributed by atoms with van der Waals surface area (Å²) < 4.78 is 21.5. The molecule has 9 heteroatoms. The molecule has 2 aromatic carbocycles. The number of amides is 1. The first kappa shape index (κ1) is 22.7. The highest BCUT2D eigenvalue weighted by Gasteiger charge is 2.28. The van der Waals surface area contributed by atoms with Crippen LogP contribution in [-0.2, 0) is 16.1 Å². The maximum Gasteiger partial charge on any atom is 0.308 e. The number of esters is 1. The molecular weight excluding hydrogens is 501 g/mol. The largest absolute Gasteiger partial charge is 0.469 e. The molecule has 0 radical (unpaired) electrons. The Kier molecular flexibility index (Phi) is 6.81. The van der Waals surface area contributed by atoms with Gasteiger partial charge in [0.1, 0.15) is 5.82 Å². The fourth-order valence-corrected chi connectivity index (χ4v) is 4.76. The van der Waals surface area contributed by atoms with Gasteiger partial charge in [-0.2, -0.15) is 5.10 Å². The van der Waals surface area contributed by atoms with Crippen molar-refractivity contribution in [1.82, 2.24) is 15.1 Å². The molecule has 1 aliphatic carbocycles. The predicted molar refractivity (Wildman–Crippen MR) is 123 cm³/mol. The minimum absolute atomic E-state index is 0.0438. The lowest BCUT2D eigenvalue weighted by atomic mass is 9.86. The van der Waals surface area contributed by atoms with Crippen LogP contribution in [0.4, 0.5) is 4.39 Å². The number of carbonyl (C=O) groups excluding carboxylic acids is 2. The number of benzene rings is 2. The zero-order valence-electron chi connectivity index (χ0n) is 17.4. The molecule has 1 heterocycles. The smallest absolute Gasteiger partial charge is 0.308 e. The molecule has 1 aliphatic rings. The third-order valence-electron chi connectivity index (χ3n) is 5.88. The van der Waals surface area contributed by atoms with Crippen molar-refractivity contribution in [1.29, 1.82) is 0 Å². The van der Waals surface area contributed by atoms with E-state index in [9.17, 15) is 14.0 Å². The highest BCUT2D eigenvalue weighted by atomic mass is 79.9. The quantitative estimate of drug-likeness (QED) is 0.473. The van der Waals surface area contributed by atoms with Crippen LogP contribution in [0.1, 0.15) is 41.6 Å². The second kappa shape index (κ2) is 9.58. The van der Waals surface area contributed by atoms with Gasteiger partial charge < -0.3 is 10.1 Å². The van der Waals surface area contributed by atoms with E-state index in [-0.39, 0.29) is 36.2 Å². The number of carbonyl (C=O) groups is 2. The van der Waals surface area contributed by atoms with Crippen LogP contribution in [0.15, 0.2) is 41.0 Å². The van der Waals surface area contributed by atoms with Crippen LogP contribution in [0.2, 0.25) is 5.02 Å². The highest BCUT2D eigenvalue weighted by molar-refractivity contribution is 9.10. The summed E-state index contributed by atoms with van der Waals surface area (Å²) in [7, 11) is 1.39. The Morgan fingerprint density at radius 1 is 1.25 bits per heavy atom. The van der Waals surface area contributed by atoms with Crippen molar-refractivity contribution >= 4 is 50.3 Å². The first-order chi connectivity index (χ1) is 15.4. The second-order valence-corrected chi connectivity index (χ2v) is 9.33. The molecule has 168 valence electrons. The number of methoxy groups -OCH3 is 1. The first-order valence-corrected chi connectivity index (χ1v) is 11.5. The Morgan fingerprint density at radius 3 is 2.69 bits per heavy atom. The molecule has 0 aliphatic heterocycles. The first-order valence-electron chi connectivity index (χ1n) is 10.3. The van der Waals surface area contributed by atoms with E-state index in [0.717, 1.165) is 0 Å². The van der Waals surface area contributed by atoms with Crippen LogP contribution in [0.5, 0.6) is 0 Å². The molecule has 1 aromatic heterocycles. The molecule has 0 bridgehead atoms. The van der Waals surface area contributed by atoms with Gasteiger partial charge in [0.05, 0.1) is 36.8 Å². The van der Waals surface area contributed by atoms with Gasteiger partial charge in [-0.3, -0.25) is 14.3 Å². The number of hydrogen-bond donors (Lipinski definition) is 1. The summed E-state index contributed by atoms with van der Waals surface area (Å²) in [6.45, 7) is 0.175. The van der Waals surface area contributed by atoms with Gasteiger partial charge in [0, 0.05) is 26.5 Å². The van der Waals surface area contributed by atoms with Crippen molar-refractivity contribution in [2.45, 2.75) is 38.3 Å². The lowest BCUT2D eigenvalue weighted by molar-refractivity contribution is -0.146. The van der Waals surface area contributed by atoms with Crippen LogP contribution < -0.4 is 5.32 Å². The monoisotopic (exact) mass is 521 g/mol. The number of fused-ring (bicyclic) bond motifs is 1. The van der Waals surface area contributed by atoms with E-state index in [1.807, 2.05) is 0 Å². The molecule has 0 atom stereocenters. The summed E-state index contributed by atoms with van der Waals surface area (Å²) in [6.07, 6.45) is 4.35. The van der Waals surface area contributed by atoms with Gasteiger partial charge in [0.2, 0.25) is 0 Å². The Balaban J connectivity index is 1.57. The van der Waals surface area contributed by atoms with E-state index in [2.05, 4.69) is 26.3 Å². The minimum Gasteiger partial charge on any atom is -0.469 e. The molecule has 1 fully saturated rings. The van der Waals surface area contributed by atoms with Gasteiger partial charge >= 0.3 is 5.97 Å². The fourth-order valence-electron chi connectivity index (χ4n) is 4.20. The predicted octanol–water partition coefficient (Wildman–Crippen LogP) is 5.10. The van der Waals surface area contributed by atoms with Crippen LogP contribution in [-0.4, -0.2) is 34.8 Å². The van der Waals surface area contributed by atoms with Crippen molar-refractivity contribution in [3.63, 3.8) is 0 Å². The van der Waals surface area contributed by atoms with E-state index in [0.29, 0.717) is 57.2 Å². The molecule has 32 heavy (non-hydrogen) atoms. The fraction of sp³-hybridized carbons (Fsp3) is 0.348. The number of halogens is 3. The molecule has 0 unspecified atom stereocenters. The standard InChI is InChI=1S/C23H22BrClFN3O3/c1-32-23(31)13-3-6-18(7-4-13)28-22(30)19-10-17(25)8-15-11-27-29(21(15)19)12-14-2-5-16(24)9-20(14)26/h2,5,8-11,13,18H,3-4,6-7,12H2,1H3,(H,28,30). The number of ether oxygens (including phenoxy) is 1. The molecule has 6 nitrogen and oxygen atoms in total. The van der Waals surface area contributed by atoms with Crippen LogP contribution in [0, 0.1) is 11.7 Å². The number of nitrogens with one attached hydrogen (secondary N) is 1. The van der Waals surface area contributed by atoms with Crippen molar-refractivity contribution < 1.29 is 18.7 Å². The summed E-state index contributed by atoms with van der Waals surface area (Å²) >= 11 is 9.52. The van der Waals surface area contributed by atoms with E-state index >= 15 is 0 Å². The van der Waals surface area contributed by atoms with Gasteiger partial charge in [-0.1, -0.05) is 33.6 Å². The third-order valence-corrected chi connectivity index (χ3v) is 6.59. The van der Waals surface area contributed by atoms with Crippen molar-refractivity contribution in [2.75, 3.05) is 7.11 Å². The Labute approximate surface area is 198 Å². The zero-order chi connectivity index (χ0) is 22.8. The number of nitrogens with zero attached hydrogens (tertiary/aromatic N) is 2. The summed E-state index contributed by atoms with van der Waals surface area (Å²) in [5, 5.41) is 8.56. The zero-order valence-corrected chi connectivity index (χ0v) is 19.7. The Bertz CT molecular complexity index is 1170. The average molecular weight is 523 g/mol. The third kappa shape index (κ3) is 4.81. The molecule has 4 rings (SSSR count). The number of hydrogen-bond acceptors (Lipinski definition) is 4. The number of rotatable bonds is 5. The van der Waals surface area contributed by atoms with Gasteiger partial charge in [-0.15, -0.1) is 0 Å². The molecule has 0 saturated heterocycles. The SMILES string of the molecule is COC(=O)C1CCC(NC(=O)c2cc(Cl)cc3cnn(Cc4ccc(Br)cc4F)c23)CC1. The van der Waals surface area contributed by atoms with Crippen molar-refractivity contribution in [3.8, 4) is 0 Å². The van der Waals surface area contributed by atoms with Crippen molar-refractivity contribution in [3.05, 3.63) is 63.0 Å². The van der Waals surface area contributed by atoms with Gasteiger partial charge in [0.15, 0.2) is 0 Å². The lowest BCUT2D eigenvalue weighted by Crippen LogP contribution is -2.39. The van der Waals surface area contributed by atoms with E-state index in [1.165, 1.54) is 13.2 Å². The molecule has 3 aromatic rings. The summed E-state index contributed by atoms with van der Waals surface area (Å²) in [4.78, 5) is 24.9. The van der Waals surface area contributed by atoms with Crippen molar-refractivity contribution in [2.24, 2.45) is 5.92 Å². The second-order valence-electron chi connectivity index (χ2n) is 7.97. The maximum absolute atomic E-state index is 14.4. The van der Waals surface area contributed by atoms with E-state index in [4.69, 9.17) is 16.3 Å². The van der Waals surface area contributed by atoms with Gasteiger partial charge in [-0.25, -0.2) is 4.39 Å². The van der Waals surface area contributed by atoms with Gasteiger partial charge in [0.25, 0.3) is 5.91 Å². The Morgan fingerprint density at radius 2 is 2.00 bits per heavy atom. The van der Waals surface area contributed by atoms with E-state index < -0.39 is 0 Å². The normalized spacial score (nSPS) is 18.5. The lowest BCUT2D eigenvalue weighted by Gasteiger charge is -2.27. The van der Waals surface area contributed by atoms with Crippen LogP contribution in [0.25, 0.3) is 10.9 Å². The summed E-state index contributed by atoms with van der Waals surface area (Å²) in [5.74, 6) is -0.939. The summed E-state index contributed by atoms with van der Waals surface area (Å²) in [6, 6.07) is 8.14. The van der Waals surface area contributed by atoms with Crippen LogP contribution >= 0.6 is 27.5 Å². The molecule has 1 amide bonds. The topological polar surface area (TPSA) is 73.2 Å². The average Bonchev–Trinajstić information content (AvgIpc) is 3.17. The number of aromatic nitrogens is 2. The molecule has 1 saturated carbocycles. The molecular formula is C23H22BrClFN3O3. The molecule has 1 N–H and O–H groups in total. The van der Waals surface area contributed by atoms with Crippen LogP contribution in [0.3, 0.4) is 0 Å². The highest BCUT2D eigenvalue weighted by Crippen LogP contribution is 2.28. The molecule has 0 spiro atoms. The maximum atomic E-state index is 14.4.